The van der Waals surface area contributed by atoms with Crippen LogP contribution in [0.15, 0.2) is 53.7 Å². The maximum Gasteiger partial charge on any atom is 0.293 e. The highest BCUT2D eigenvalue weighted by molar-refractivity contribution is 7.89. The lowest BCUT2D eigenvalue weighted by Crippen LogP contribution is -2.40. The van der Waals surface area contributed by atoms with Crippen molar-refractivity contribution in [2.24, 2.45) is 0 Å². The van der Waals surface area contributed by atoms with Gasteiger partial charge in [-0.1, -0.05) is 6.07 Å². The average Bonchev–Trinajstić information content (AvgIpc) is 3.23. The van der Waals surface area contributed by atoms with Crippen molar-refractivity contribution in [1.82, 2.24) is 13.9 Å². The first-order valence-corrected chi connectivity index (χ1v) is 11.6. The zero-order valence-electron chi connectivity index (χ0n) is 17.8. The number of morpholine rings is 1. The van der Waals surface area contributed by atoms with Crippen LogP contribution in [0.5, 0.6) is 0 Å². The van der Waals surface area contributed by atoms with Crippen molar-refractivity contribution in [3.05, 3.63) is 76.1 Å². The molecule has 3 aromatic rings. The third-order valence-electron chi connectivity index (χ3n) is 5.35. The molecule has 0 bridgehead atoms. The summed E-state index contributed by atoms with van der Waals surface area (Å²) < 4.78 is 48.3. The zero-order chi connectivity index (χ0) is 23.6. The molecule has 4 rings (SSSR count). The molecule has 0 aliphatic carbocycles. The number of aryl methyl sites for hydroxylation is 1. The Labute approximate surface area is 189 Å². The van der Waals surface area contributed by atoms with Gasteiger partial charge in [-0.15, -0.1) is 0 Å². The molecule has 1 N–H and O–H groups in total. The Kier molecular flexibility index (Phi) is 6.40. The molecule has 12 heteroatoms. The topological polar surface area (TPSA) is 120 Å². The van der Waals surface area contributed by atoms with Crippen LogP contribution >= 0.6 is 0 Å². The number of anilines is 1. The van der Waals surface area contributed by atoms with E-state index in [-0.39, 0.29) is 49.1 Å². The Balaban J connectivity index is 1.54. The van der Waals surface area contributed by atoms with Crippen LogP contribution in [0.3, 0.4) is 0 Å². The number of nitrogens with one attached hydrogen (secondary N) is 1. The van der Waals surface area contributed by atoms with Gasteiger partial charge in [0.25, 0.3) is 5.69 Å². The summed E-state index contributed by atoms with van der Waals surface area (Å²) in [5.41, 5.74) is 0.664. The lowest BCUT2D eigenvalue weighted by Gasteiger charge is -2.26. The second-order valence-corrected chi connectivity index (χ2v) is 9.37. The number of imidazole rings is 1. The Morgan fingerprint density at radius 2 is 1.97 bits per heavy atom. The van der Waals surface area contributed by atoms with Crippen LogP contribution in [-0.2, 0) is 21.3 Å². The molecule has 1 aromatic heterocycles. The molecule has 0 radical (unpaired) electrons. The maximum atomic E-state index is 14.6. The van der Waals surface area contributed by atoms with Crippen LogP contribution in [0.1, 0.15) is 11.4 Å². The molecular weight excluding hydrogens is 453 g/mol. The monoisotopic (exact) mass is 475 g/mol. The van der Waals surface area contributed by atoms with Crippen molar-refractivity contribution < 1.29 is 22.5 Å². The van der Waals surface area contributed by atoms with E-state index in [1.54, 1.807) is 36.0 Å². The van der Waals surface area contributed by atoms with Crippen molar-refractivity contribution in [3.63, 3.8) is 0 Å². The van der Waals surface area contributed by atoms with Gasteiger partial charge in [0.15, 0.2) is 0 Å². The number of rotatable bonds is 7. The second-order valence-electron chi connectivity index (χ2n) is 7.44. The molecule has 1 saturated heterocycles. The number of sulfonamides is 1. The van der Waals surface area contributed by atoms with E-state index in [9.17, 15) is 22.9 Å². The highest BCUT2D eigenvalue weighted by atomic mass is 32.2. The van der Waals surface area contributed by atoms with Crippen LogP contribution in [0, 0.1) is 22.9 Å². The summed E-state index contributed by atoms with van der Waals surface area (Å²) in [7, 11) is -3.87. The molecule has 0 saturated carbocycles. The van der Waals surface area contributed by atoms with Gasteiger partial charge in [0, 0.05) is 38.1 Å². The molecule has 174 valence electrons. The molecule has 33 heavy (non-hydrogen) atoms. The van der Waals surface area contributed by atoms with Gasteiger partial charge in [0.05, 0.1) is 28.7 Å². The Bertz CT molecular complexity index is 1290. The number of hydrogen-bond donors (Lipinski definition) is 1. The van der Waals surface area contributed by atoms with Gasteiger partial charge >= 0.3 is 0 Å². The SMILES string of the molecule is Cc1nccn1-c1ccc(CNc2ccc(S(=O)(=O)N3CCOCC3)cc2[N+](=O)[O-])cc1F. The van der Waals surface area contributed by atoms with Crippen LogP contribution in [0.4, 0.5) is 15.8 Å². The predicted octanol–water partition coefficient (Wildman–Crippen LogP) is 2.86. The molecule has 0 unspecified atom stereocenters. The Morgan fingerprint density at radius 3 is 2.61 bits per heavy atom. The van der Waals surface area contributed by atoms with Crippen molar-refractivity contribution >= 4 is 21.4 Å². The third-order valence-corrected chi connectivity index (χ3v) is 7.25. The van der Waals surface area contributed by atoms with Gasteiger partial charge in [0.1, 0.15) is 17.3 Å². The van der Waals surface area contributed by atoms with E-state index in [0.717, 1.165) is 6.07 Å². The highest BCUT2D eigenvalue weighted by Gasteiger charge is 2.28. The van der Waals surface area contributed by atoms with Crippen LogP contribution in [-0.4, -0.2) is 53.5 Å². The maximum absolute atomic E-state index is 14.6. The molecule has 1 aliphatic heterocycles. The fourth-order valence-corrected chi connectivity index (χ4v) is 5.02. The Morgan fingerprint density at radius 1 is 1.21 bits per heavy atom. The number of hydrogen-bond acceptors (Lipinski definition) is 7. The molecule has 1 aliphatic rings. The lowest BCUT2D eigenvalue weighted by atomic mass is 10.1. The summed E-state index contributed by atoms with van der Waals surface area (Å²) in [6, 6.07) is 8.36. The molecular formula is C21H22FN5O5S. The average molecular weight is 476 g/mol. The number of nitrogens with zero attached hydrogens (tertiary/aromatic N) is 4. The summed E-state index contributed by atoms with van der Waals surface area (Å²) in [6.07, 6.45) is 3.23. The molecule has 0 atom stereocenters. The van der Waals surface area contributed by atoms with Gasteiger partial charge in [-0.25, -0.2) is 17.8 Å². The van der Waals surface area contributed by atoms with E-state index in [0.29, 0.717) is 17.1 Å². The minimum Gasteiger partial charge on any atom is -0.379 e. The highest BCUT2D eigenvalue weighted by Crippen LogP contribution is 2.30. The van der Waals surface area contributed by atoms with Crippen molar-refractivity contribution in [2.75, 3.05) is 31.6 Å². The van der Waals surface area contributed by atoms with E-state index in [1.807, 2.05) is 0 Å². The van der Waals surface area contributed by atoms with Crippen molar-refractivity contribution in [3.8, 4) is 5.69 Å². The first-order chi connectivity index (χ1) is 15.8. The van der Waals surface area contributed by atoms with Gasteiger partial charge in [-0.05, 0) is 36.8 Å². The molecule has 10 nitrogen and oxygen atoms in total. The third kappa shape index (κ3) is 4.72. The molecule has 0 amide bonds. The summed E-state index contributed by atoms with van der Waals surface area (Å²) in [4.78, 5) is 14.9. The first-order valence-electron chi connectivity index (χ1n) is 10.2. The lowest BCUT2D eigenvalue weighted by molar-refractivity contribution is -0.384. The minimum absolute atomic E-state index is 0.108. The van der Waals surface area contributed by atoms with E-state index < -0.39 is 20.8 Å². The van der Waals surface area contributed by atoms with Crippen molar-refractivity contribution in [1.29, 1.82) is 0 Å². The number of halogens is 1. The first kappa shape index (κ1) is 22.8. The molecule has 2 aromatic carbocycles. The Hall–Kier alpha value is -3.35. The predicted molar refractivity (Wildman–Crippen MR) is 118 cm³/mol. The van der Waals surface area contributed by atoms with E-state index in [1.165, 1.54) is 22.5 Å². The molecule has 1 fully saturated rings. The quantitative estimate of drug-likeness (QED) is 0.412. The van der Waals surface area contributed by atoms with Crippen molar-refractivity contribution in [2.45, 2.75) is 18.4 Å². The number of nitro groups is 1. The van der Waals surface area contributed by atoms with Gasteiger partial charge < -0.3 is 14.6 Å². The number of nitro benzene ring substituents is 1. The van der Waals surface area contributed by atoms with Crippen LogP contribution in [0.2, 0.25) is 0 Å². The van der Waals surface area contributed by atoms with Gasteiger partial charge in [-0.3, -0.25) is 10.1 Å². The zero-order valence-corrected chi connectivity index (χ0v) is 18.6. The standard InChI is InChI=1S/C21H22FN5O5S/c1-15-23-6-7-26(15)20-5-2-16(12-18(20)22)14-24-19-4-3-17(13-21(19)27(28)29)33(30,31)25-8-10-32-11-9-25/h2-7,12-13,24H,8-11,14H2,1H3. The number of ether oxygens (including phenoxy) is 1. The fraction of sp³-hybridized carbons (Fsp3) is 0.286. The smallest absolute Gasteiger partial charge is 0.293 e. The minimum atomic E-state index is -3.87. The van der Waals surface area contributed by atoms with Gasteiger partial charge in [-0.2, -0.15) is 4.31 Å². The normalized spacial score (nSPS) is 14.8. The summed E-state index contributed by atoms with van der Waals surface area (Å²) in [6.45, 7) is 2.80. The summed E-state index contributed by atoms with van der Waals surface area (Å²) in [5, 5.41) is 14.5. The van der Waals surface area contributed by atoms with Gasteiger partial charge in [0.2, 0.25) is 10.0 Å². The number of benzene rings is 2. The second kappa shape index (κ2) is 9.25. The van der Waals surface area contributed by atoms with E-state index >= 15 is 0 Å². The molecule has 2 heterocycles. The van der Waals surface area contributed by atoms with E-state index in [2.05, 4.69) is 10.3 Å². The van der Waals surface area contributed by atoms with E-state index in [4.69, 9.17) is 4.74 Å². The number of aromatic nitrogens is 2. The summed E-state index contributed by atoms with van der Waals surface area (Å²) >= 11 is 0. The fourth-order valence-electron chi connectivity index (χ4n) is 3.59. The van der Waals surface area contributed by atoms with Crippen LogP contribution in [0.25, 0.3) is 5.69 Å². The molecule has 0 spiro atoms. The largest absolute Gasteiger partial charge is 0.379 e. The summed E-state index contributed by atoms with van der Waals surface area (Å²) in [5.74, 6) is 0.180. The van der Waals surface area contributed by atoms with Crippen LogP contribution < -0.4 is 5.32 Å².